The summed E-state index contributed by atoms with van der Waals surface area (Å²) in [6.45, 7) is 0.583. The minimum atomic E-state index is -3.59. The van der Waals surface area contributed by atoms with Gasteiger partial charge in [0.05, 0.1) is 23.6 Å². The Kier molecular flexibility index (Phi) is 3.90. The lowest BCUT2D eigenvalue weighted by atomic mass is 10.3. The predicted octanol–water partition coefficient (Wildman–Crippen LogP) is -0.575. The molecule has 19 heavy (non-hydrogen) atoms. The number of rotatable bonds is 5. The highest BCUT2D eigenvalue weighted by Crippen LogP contribution is 2.17. The van der Waals surface area contributed by atoms with E-state index in [1.54, 1.807) is 0 Å². The third kappa shape index (κ3) is 3.35. The van der Waals surface area contributed by atoms with Gasteiger partial charge in [-0.05, 0) is 12.8 Å². The smallest absolute Gasteiger partial charge is 0.236 e. The maximum atomic E-state index is 11.9. The molecule has 1 unspecified atom stereocenters. The molecule has 1 saturated heterocycles. The molecule has 1 aromatic heterocycles. The quantitative estimate of drug-likeness (QED) is 0.247. The predicted molar refractivity (Wildman–Crippen MR) is 67.5 cm³/mol. The number of amidine groups is 1. The zero-order valence-corrected chi connectivity index (χ0v) is 10.9. The van der Waals surface area contributed by atoms with Gasteiger partial charge in [-0.3, -0.25) is 9.82 Å². The molecule has 1 fully saturated rings. The summed E-state index contributed by atoms with van der Waals surface area (Å²) in [5.74, 6) is -0.307. The average Bonchev–Trinajstić information content (AvgIpc) is 2.98. The lowest BCUT2D eigenvalue weighted by Crippen LogP contribution is -2.27. The van der Waals surface area contributed by atoms with E-state index in [0.717, 1.165) is 12.8 Å². The number of nitrogens with zero attached hydrogens (tertiary/aromatic N) is 2. The Bertz CT molecular complexity index is 561. The largest absolute Gasteiger partial charge is 0.409 e. The maximum Gasteiger partial charge on any atom is 0.236 e. The van der Waals surface area contributed by atoms with Crippen molar-refractivity contribution in [3.8, 4) is 0 Å². The molecule has 106 valence electrons. The second-order valence-electron chi connectivity index (χ2n) is 4.16. The molecular formula is C9H15N5O4S. The Morgan fingerprint density at radius 1 is 1.74 bits per heavy atom. The summed E-state index contributed by atoms with van der Waals surface area (Å²) in [4.78, 5) is 0. The van der Waals surface area contributed by atoms with Crippen molar-refractivity contribution in [2.45, 2.75) is 18.9 Å². The van der Waals surface area contributed by atoms with Crippen LogP contribution in [0.4, 0.5) is 5.82 Å². The number of anilines is 1. The molecule has 0 aromatic carbocycles. The Balaban J connectivity index is 2.09. The van der Waals surface area contributed by atoms with Crippen LogP contribution in [0.25, 0.3) is 0 Å². The third-order valence-electron chi connectivity index (χ3n) is 2.71. The number of aromatic nitrogens is 2. The fraction of sp³-hybridized carbons (Fsp3) is 0.556. The van der Waals surface area contributed by atoms with Gasteiger partial charge in [0.25, 0.3) is 0 Å². The topological polar surface area (TPSA) is 143 Å². The van der Waals surface area contributed by atoms with E-state index in [1.807, 2.05) is 0 Å². The fourth-order valence-electron chi connectivity index (χ4n) is 1.83. The van der Waals surface area contributed by atoms with Crippen LogP contribution in [-0.4, -0.2) is 48.1 Å². The summed E-state index contributed by atoms with van der Waals surface area (Å²) in [5.41, 5.74) is 5.58. The van der Waals surface area contributed by atoms with Gasteiger partial charge in [-0.1, -0.05) is 5.16 Å². The molecule has 0 saturated carbocycles. The summed E-state index contributed by atoms with van der Waals surface area (Å²) in [7, 11) is -3.59. The first kappa shape index (κ1) is 13.6. The monoisotopic (exact) mass is 289 g/mol. The van der Waals surface area contributed by atoms with Crippen molar-refractivity contribution in [3.63, 3.8) is 0 Å². The number of nitrogens with two attached hydrogens (primary N) is 1. The fourth-order valence-corrected chi connectivity index (χ4v) is 3.13. The van der Waals surface area contributed by atoms with E-state index in [2.05, 4.69) is 20.1 Å². The summed E-state index contributed by atoms with van der Waals surface area (Å²) in [5, 5.41) is 17.5. The molecule has 1 atom stereocenters. The third-order valence-corrected chi connectivity index (χ3v) is 4.04. The summed E-state index contributed by atoms with van der Waals surface area (Å²) >= 11 is 0. The van der Waals surface area contributed by atoms with Crippen LogP contribution in [0.3, 0.4) is 0 Å². The minimum Gasteiger partial charge on any atom is -0.409 e. The zero-order valence-electron chi connectivity index (χ0n) is 10.0. The van der Waals surface area contributed by atoms with Gasteiger partial charge in [0, 0.05) is 6.61 Å². The van der Waals surface area contributed by atoms with E-state index in [0.29, 0.717) is 6.61 Å². The first-order valence-corrected chi connectivity index (χ1v) is 7.30. The lowest BCUT2D eigenvalue weighted by molar-refractivity contribution is 0.127. The highest BCUT2D eigenvalue weighted by molar-refractivity contribution is 7.92. The second kappa shape index (κ2) is 5.45. The zero-order chi connectivity index (χ0) is 13.9. The van der Waals surface area contributed by atoms with E-state index >= 15 is 0 Å². The van der Waals surface area contributed by atoms with Gasteiger partial charge in [0.15, 0.2) is 5.84 Å². The highest BCUT2D eigenvalue weighted by Gasteiger charge is 2.24. The molecule has 0 spiro atoms. The van der Waals surface area contributed by atoms with Gasteiger partial charge in [-0.2, -0.15) is 5.10 Å². The van der Waals surface area contributed by atoms with Gasteiger partial charge < -0.3 is 15.7 Å². The van der Waals surface area contributed by atoms with Crippen molar-refractivity contribution < 1.29 is 18.4 Å². The van der Waals surface area contributed by atoms with Crippen molar-refractivity contribution in [1.29, 1.82) is 0 Å². The molecule has 9 nitrogen and oxygen atoms in total. The first-order chi connectivity index (χ1) is 9.02. The van der Waals surface area contributed by atoms with Crippen molar-refractivity contribution in [1.82, 2.24) is 10.2 Å². The van der Waals surface area contributed by atoms with Gasteiger partial charge in [-0.25, -0.2) is 8.42 Å². The standard InChI is InChI=1S/C9H15N5O4S/c10-8(13-15)7-4-11-12-9(7)14-19(16,17)5-6-2-1-3-18-6/h4,6,15H,1-3,5H2,(H2,10,13)(H2,11,12,14). The first-order valence-electron chi connectivity index (χ1n) is 5.65. The van der Waals surface area contributed by atoms with Crippen LogP contribution in [0.1, 0.15) is 18.4 Å². The molecule has 0 radical (unpaired) electrons. The van der Waals surface area contributed by atoms with Crippen molar-refractivity contribution in [2.75, 3.05) is 17.1 Å². The Hall–Kier alpha value is -1.81. The molecule has 0 bridgehead atoms. The molecule has 0 aliphatic carbocycles. The second-order valence-corrected chi connectivity index (χ2v) is 5.93. The molecule has 1 aliphatic heterocycles. The van der Waals surface area contributed by atoms with Crippen LogP contribution in [-0.2, 0) is 14.8 Å². The molecule has 5 N–H and O–H groups in total. The van der Waals surface area contributed by atoms with E-state index < -0.39 is 10.0 Å². The molecule has 10 heteroatoms. The summed E-state index contributed by atoms with van der Waals surface area (Å²) < 4.78 is 31.5. The Morgan fingerprint density at radius 2 is 2.53 bits per heavy atom. The highest BCUT2D eigenvalue weighted by atomic mass is 32.2. The minimum absolute atomic E-state index is 0.0632. The van der Waals surface area contributed by atoms with E-state index in [4.69, 9.17) is 15.7 Å². The van der Waals surface area contributed by atoms with E-state index in [9.17, 15) is 8.42 Å². The molecule has 1 aliphatic rings. The van der Waals surface area contributed by atoms with Crippen molar-refractivity contribution in [3.05, 3.63) is 11.8 Å². The SMILES string of the molecule is NC(=NO)c1cn[nH]c1NS(=O)(=O)CC1CCCO1. The van der Waals surface area contributed by atoms with Crippen LogP contribution in [0, 0.1) is 0 Å². The lowest BCUT2D eigenvalue weighted by Gasteiger charge is -2.11. The van der Waals surface area contributed by atoms with Gasteiger partial charge in [-0.15, -0.1) is 0 Å². The van der Waals surface area contributed by atoms with Crippen LogP contribution in [0.2, 0.25) is 0 Å². The average molecular weight is 289 g/mol. The Labute approximate surface area is 109 Å². The molecule has 1 aromatic rings. The van der Waals surface area contributed by atoms with Crippen molar-refractivity contribution >= 4 is 21.7 Å². The number of nitrogens with one attached hydrogen (secondary N) is 2. The normalized spacial score (nSPS) is 20.6. The van der Waals surface area contributed by atoms with E-state index in [-0.39, 0.29) is 29.1 Å². The number of aromatic amines is 1. The molecular weight excluding hydrogens is 274 g/mol. The number of H-pyrrole nitrogens is 1. The molecule has 2 heterocycles. The van der Waals surface area contributed by atoms with E-state index in [1.165, 1.54) is 6.20 Å². The number of oxime groups is 1. The van der Waals surface area contributed by atoms with Crippen LogP contribution in [0.15, 0.2) is 11.4 Å². The maximum absolute atomic E-state index is 11.9. The molecule has 0 amide bonds. The number of ether oxygens (including phenoxy) is 1. The summed E-state index contributed by atoms with van der Waals surface area (Å²) in [6, 6.07) is 0. The van der Waals surface area contributed by atoms with Crippen LogP contribution in [0.5, 0.6) is 0 Å². The summed E-state index contributed by atoms with van der Waals surface area (Å²) in [6.07, 6.45) is 2.54. The number of hydrogen-bond acceptors (Lipinski definition) is 6. The number of sulfonamides is 1. The van der Waals surface area contributed by atoms with Crippen LogP contribution < -0.4 is 10.5 Å². The molecule has 2 rings (SSSR count). The number of hydrogen-bond donors (Lipinski definition) is 4. The van der Waals surface area contributed by atoms with Gasteiger partial charge in [0.1, 0.15) is 5.82 Å². The van der Waals surface area contributed by atoms with Gasteiger partial charge in [0.2, 0.25) is 10.0 Å². The Morgan fingerprint density at radius 3 is 3.16 bits per heavy atom. The van der Waals surface area contributed by atoms with Crippen LogP contribution >= 0.6 is 0 Å². The van der Waals surface area contributed by atoms with Crippen molar-refractivity contribution in [2.24, 2.45) is 10.9 Å². The van der Waals surface area contributed by atoms with Gasteiger partial charge >= 0.3 is 0 Å².